The van der Waals surface area contributed by atoms with Gasteiger partial charge in [0.15, 0.2) is 0 Å². The van der Waals surface area contributed by atoms with E-state index in [-0.39, 0.29) is 45.6 Å². The Labute approximate surface area is 137 Å². The standard InChI is InChI=1S/C12H21BO8P2/c1-9(14)11(7-20-22(3)16)5-18-13-19-6-12(10(2)15)8-21-23(4)17/h13-15H,3-8H2,1-2H3/b11-9-,12-10-. The molecule has 0 fully saturated rings. The molecule has 0 aromatic rings. The Bertz CT molecular complexity index is 504. The average Bonchev–Trinajstić information content (AvgIpc) is 2.43. The molecule has 0 aliphatic heterocycles. The predicted octanol–water partition coefficient (Wildman–Crippen LogP) is 2.33. The lowest BCUT2D eigenvalue weighted by Crippen LogP contribution is -2.14. The number of rotatable bonds is 12. The Morgan fingerprint density at radius 1 is 0.870 bits per heavy atom. The van der Waals surface area contributed by atoms with Gasteiger partial charge in [-0.25, -0.2) is 0 Å². The van der Waals surface area contributed by atoms with Crippen LogP contribution in [0.4, 0.5) is 0 Å². The summed E-state index contributed by atoms with van der Waals surface area (Å²) >= 11 is 0. The van der Waals surface area contributed by atoms with Gasteiger partial charge in [-0.2, -0.15) is 0 Å². The molecule has 0 rings (SSSR count). The van der Waals surface area contributed by atoms with Crippen LogP contribution in [0.25, 0.3) is 0 Å². The van der Waals surface area contributed by atoms with Crippen LogP contribution in [-0.4, -0.2) is 56.9 Å². The first-order valence-corrected chi connectivity index (χ1v) is 9.18. The molecule has 2 N–H and O–H groups in total. The van der Waals surface area contributed by atoms with Gasteiger partial charge in [-0.3, -0.25) is 18.2 Å². The lowest BCUT2D eigenvalue weighted by molar-refractivity contribution is 0.226. The van der Waals surface area contributed by atoms with E-state index in [9.17, 15) is 19.3 Å². The normalized spacial score (nSPS) is 14.7. The molecule has 0 saturated carbocycles. The van der Waals surface area contributed by atoms with Gasteiger partial charge in [0, 0.05) is 11.1 Å². The smallest absolute Gasteiger partial charge is 0.438 e. The second-order valence-corrected chi connectivity index (χ2v) is 6.25. The molecule has 0 aromatic heterocycles. The minimum Gasteiger partial charge on any atom is -0.512 e. The molecule has 2 unspecified atom stereocenters. The summed E-state index contributed by atoms with van der Waals surface area (Å²) < 4.78 is 41.6. The van der Waals surface area contributed by atoms with Gasteiger partial charge in [0.25, 0.3) is 0 Å². The third-order valence-corrected chi connectivity index (χ3v) is 3.34. The summed E-state index contributed by atoms with van der Waals surface area (Å²) in [5.74, 6) is 0.00238. The fourth-order valence-corrected chi connectivity index (χ4v) is 1.79. The Kier molecular flexibility index (Phi) is 11.8. The van der Waals surface area contributed by atoms with Crippen molar-refractivity contribution in [1.29, 1.82) is 0 Å². The van der Waals surface area contributed by atoms with Crippen molar-refractivity contribution in [3.63, 3.8) is 0 Å². The van der Waals surface area contributed by atoms with Crippen molar-refractivity contribution in [2.45, 2.75) is 13.8 Å². The zero-order valence-corrected chi connectivity index (χ0v) is 15.0. The fraction of sp³-hybridized carbons (Fsp3) is 0.500. The molecule has 0 spiro atoms. The predicted molar refractivity (Wildman–Crippen MR) is 91.1 cm³/mol. The summed E-state index contributed by atoms with van der Waals surface area (Å²) in [6.45, 7) is 2.81. The molecule has 0 aliphatic rings. The van der Waals surface area contributed by atoms with E-state index in [4.69, 9.17) is 18.4 Å². The SMILES string of the molecule is C=P(=O)OC/C(COBOC/C(COP(=C)=O)=C(\C)O)=C(/C)O. The van der Waals surface area contributed by atoms with E-state index in [1.165, 1.54) is 13.8 Å². The zero-order chi connectivity index (χ0) is 17.8. The highest BCUT2D eigenvalue weighted by molar-refractivity contribution is 7.37. The van der Waals surface area contributed by atoms with Crippen LogP contribution in [0.5, 0.6) is 0 Å². The van der Waals surface area contributed by atoms with E-state index in [1.54, 1.807) is 0 Å². The first-order chi connectivity index (χ1) is 10.7. The molecule has 8 nitrogen and oxygen atoms in total. The van der Waals surface area contributed by atoms with Gasteiger partial charge in [-0.15, -0.1) is 0 Å². The van der Waals surface area contributed by atoms with Crippen LogP contribution in [0, 0.1) is 0 Å². The maximum atomic E-state index is 10.8. The van der Waals surface area contributed by atoms with E-state index in [1.807, 2.05) is 0 Å². The summed E-state index contributed by atoms with van der Waals surface area (Å²) in [5, 5.41) is 18.9. The third-order valence-electron chi connectivity index (χ3n) is 2.51. The van der Waals surface area contributed by atoms with Gasteiger partial charge in [0.1, 0.15) is 0 Å². The van der Waals surface area contributed by atoms with Crippen molar-refractivity contribution in [1.82, 2.24) is 0 Å². The number of aliphatic hydroxyl groups is 2. The van der Waals surface area contributed by atoms with Crippen molar-refractivity contribution >= 4 is 35.6 Å². The second-order valence-electron chi connectivity index (χ2n) is 4.41. The minimum absolute atomic E-state index is 0.00119. The van der Waals surface area contributed by atoms with Crippen molar-refractivity contribution < 1.29 is 37.7 Å². The molecular weight excluding hydrogens is 345 g/mol. The second kappa shape index (κ2) is 12.4. The lowest BCUT2D eigenvalue weighted by Gasteiger charge is -2.10. The molecule has 0 bridgehead atoms. The first kappa shape index (κ1) is 21.9. The zero-order valence-electron chi connectivity index (χ0n) is 13.2. The highest BCUT2D eigenvalue weighted by atomic mass is 31.1. The van der Waals surface area contributed by atoms with Crippen molar-refractivity contribution in [2.24, 2.45) is 0 Å². The van der Waals surface area contributed by atoms with Gasteiger partial charge < -0.3 is 19.5 Å². The molecule has 0 amide bonds. The fourth-order valence-electron chi connectivity index (χ4n) is 1.19. The van der Waals surface area contributed by atoms with E-state index in [2.05, 4.69) is 12.6 Å². The number of hydrogen-bond donors (Lipinski definition) is 2. The maximum Gasteiger partial charge on any atom is 0.438 e. The minimum atomic E-state index is -2.01. The van der Waals surface area contributed by atoms with Crippen LogP contribution >= 0.6 is 15.3 Å². The van der Waals surface area contributed by atoms with E-state index < -0.39 is 15.3 Å². The largest absolute Gasteiger partial charge is 0.512 e. The van der Waals surface area contributed by atoms with Crippen molar-refractivity contribution in [2.75, 3.05) is 26.4 Å². The Balaban J connectivity index is 4.18. The lowest BCUT2D eigenvalue weighted by atomic mass is 10.2. The topological polar surface area (TPSA) is 112 Å². The Morgan fingerprint density at radius 3 is 1.48 bits per heavy atom. The maximum absolute atomic E-state index is 10.8. The highest BCUT2D eigenvalue weighted by Crippen LogP contribution is 2.12. The van der Waals surface area contributed by atoms with Gasteiger partial charge >= 0.3 is 7.69 Å². The quantitative estimate of drug-likeness (QED) is 0.234. The molecule has 0 aromatic carbocycles. The summed E-state index contributed by atoms with van der Waals surface area (Å²) in [5.41, 5.74) is 0.819. The molecule has 2 atom stereocenters. The third kappa shape index (κ3) is 12.1. The van der Waals surface area contributed by atoms with Gasteiger partial charge in [0.05, 0.1) is 37.9 Å². The monoisotopic (exact) mass is 366 g/mol. The number of aliphatic hydroxyl groups excluding tert-OH is 2. The summed E-state index contributed by atoms with van der Waals surface area (Å²) in [6.07, 6.45) is 6.39. The molecular formula is C12H21BO8P2. The molecule has 130 valence electrons. The molecule has 0 saturated heterocycles. The van der Waals surface area contributed by atoms with Crippen LogP contribution in [0.2, 0.25) is 0 Å². The van der Waals surface area contributed by atoms with Gasteiger partial charge in [0.2, 0.25) is 15.3 Å². The van der Waals surface area contributed by atoms with Gasteiger partial charge in [-0.05, 0) is 26.4 Å². The van der Waals surface area contributed by atoms with Crippen LogP contribution in [-0.2, 0) is 27.5 Å². The Hall–Kier alpha value is -1.08. The summed E-state index contributed by atoms with van der Waals surface area (Å²) in [7, 11) is -4.15. The van der Waals surface area contributed by atoms with Crippen LogP contribution in [0.1, 0.15) is 13.8 Å². The summed E-state index contributed by atoms with van der Waals surface area (Å²) in [4.78, 5) is 0. The first-order valence-electron chi connectivity index (χ1n) is 6.46. The molecule has 0 heterocycles. The van der Waals surface area contributed by atoms with Crippen molar-refractivity contribution in [3.05, 3.63) is 22.7 Å². The number of allylic oxidation sites excluding steroid dienone is 2. The van der Waals surface area contributed by atoms with Crippen LogP contribution < -0.4 is 0 Å². The summed E-state index contributed by atoms with van der Waals surface area (Å²) in [6, 6.07) is 0. The Morgan fingerprint density at radius 2 is 1.22 bits per heavy atom. The number of hydrogen-bond acceptors (Lipinski definition) is 8. The average molecular weight is 366 g/mol. The van der Waals surface area contributed by atoms with Crippen LogP contribution in [0.3, 0.4) is 0 Å². The van der Waals surface area contributed by atoms with E-state index in [0.29, 0.717) is 11.1 Å². The highest BCUT2D eigenvalue weighted by Gasteiger charge is 2.07. The van der Waals surface area contributed by atoms with Gasteiger partial charge in [-0.1, -0.05) is 0 Å². The molecule has 0 radical (unpaired) electrons. The van der Waals surface area contributed by atoms with Crippen LogP contribution in [0.15, 0.2) is 22.7 Å². The molecule has 11 heteroatoms. The molecule has 23 heavy (non-hydrogen) atoms. The van der Waals surface area contributed by atoms with E-state index >= 15 is 0 Å². The molecule has 0 aliphatic carbocycles. The van der Waals surface area contributed by atoms with E-state index in [0.717, 1.165) is 0 Å². The van der Waals surface area contributed by atoms with Crippen molar-refractivity contribution in [3.8, 4) is 0 Å².